The van der Waals surface area contributed by atoms with Crippen molar-refractivity contribution < 1.29 is 37.5 Å². The summed E-state index contributed by atoms with van der Waals surface area (Å²) in [4.78, 5) is 63.5. The van der Waals surface area contributed by atoms with E-state index in [-0.39, 0.29) is 24.7 Å². The molecule has 0 saturated carbocycles. The lowest BCUT2D eigenvalue weighted by Gasteiger charge is -2.38. The molecule has 13 nitrogen and oxygen atoms in total. The van der Waals surface area contributed by atoms with Crippen LogP contribution in [0.5, 0.6) is 0 Å². The predicted molar refractivity (Wildman–Crippen MR) is 213 cm³/mol. The summed E-state index contributed by atoms with van der Waals surface area (Å²) < 4.78 is 41.0. The van der Waals surface area contributed by atoms with Crippen LogP contribution >= 0.6 is 0 Å². The van der Waals surface area contributed by atoms with Crippen LogP contribution in [0.2, 0.25) is 0 Å². The van der Waals surface area contributed by atoms with Crippen LogP contribution in [-0.2, 0) is 29.4 Å². The molecule has 4 aliphatic heterocycles. The van der Waals surface area contributed by atoms with Crippen LogP contribution in [0.4, 0.5) is 24.5 Å². The minimum Gasteiger partial charge on any atom is -0.380 e. The number of carbonyl (C=O) groups excluding carboxylic acids is 4. The van der Waals surface area contributed by atoms with E-state index in [1.165, 1.54) is 17.0 Å². The Hall–Kier alpha value is -5.74. The van der Waals surface area contributed by atoms with E-state index in [2.05, 4.69) is 25.4 Å². The second kappa shape index (κ2) is 16.5. The summed E-state index contributed by atoms with van der Waals surface area (Å²) in [5, 5.41) is 16.5. The first-order valence-corrected chi connectivity index (χ1v) is 20.1. The Morgan fingerprint density at radius 2 is 1.66 bits per heavy atom. The first-order valence-electron chi connectivity index (χ1n) is 20.1. The van der Waals surface area contributed by atoms with Crippen molar-refractivity contribution in [1.29, 1.82) is 0 Å². The number of aromatic nitrogens is 2. The van der Waals surface area contributed by atoms with Gasteiger partial charge in [-0.2, -0.15) is 13.2 Å². The van der Waals surface area contributed by atoms with Gasteiger partial charge in [0.2, 0.25) is 11.8 Å². The van der Waals surface area contributed by atoms with Crippen molar-refractivity contribution in [3.63, 3.8) is 0 Å². The smallest absolute Gasteiger partial charge is 0.380 e. The molecule has 0 spiro atoms. The van der Waals surface area contributed by atoms with E-state index in [0.717, 1.165) is 81.1 Å². The molecule has 4 amide bonds. The number of anilines is 2. The second-order valence-corrected chi connectivity index (χ2v) is 15.9. The van der Waals surface area contributed by atoms with Crippen LogP contribution in [0, 0.1) is 5.92 Å². The number of likely N-dealkylation sites (tertiary alicyclic amines) is 1. The standard InChI is InChI=1S/C43H47F3N8O5/c1-50-25-36(48-26-50)34-22-29(4-9-35(34)47-24-28-2-5-30(6-3-28)43(44,45)46)40(57)53-16-13-27(14-17-53)12-15-51-18-20-52(21-19-51)31-7-8-32-33(23-31)42(59)54(41(32)58)37-10-11-38(55)49-39(37)56/h2-9,22-23,25-27,37,41,47,58H,10-21,24H2,1H3,(H,49,55,56)/t37-,41?/m0/s1. The molecule has 8 rings (SSSR count). The van der Waals surface area contributed by atoms with Gasteiger partial charge >= 0.3 is 6.18 Å². The van der Waals surface area contributed by atoms with E-state index in [4.69, 9.17) is 0 Å². The van der Waals surface area contributed by atoms with Crippen LogP contribution in [-0.4, -0.2) is 105 Å². The zero-order chi connectivity index (χ0) is 41.4. The highest BCUT2D eigenvalue weighted by atomic mass is 19.4. The molecule has 1 unspecified atom stereocenters. The SMILES string of the molecule is Cn1cnc(-c2cc(C(=O)N3CCC(CCN4CCN(c5ccc6c(c5)C(=O)N([C@H]5CCC(=O)NC5=O)C6O)CC4)CC3)ccc2NCc2ccc(C(F)(F)F)cc2)c1. The van der Waals surface area contributed by atoms with Gasteiger partial charge in [0.25, 0.3) is 11.8 Å². The first-order chi connectivity index (χ1) is 28.3. The minimum atomic E-state index is -4.40. The number of carbonyl (C=O) groups is 4. The van der Waals surface area contributed by atoms with Crippen molar-refractivity contribution in [2.75, 3.05) is 56.0 Å². The second-order valence-electron chi connectivity index (χ2n) is 15.9. The Balaban J connectivity index is 0.815. The fraction of sp³-hybridized carbons (Fsp3) is 0.419. The van der Waals surface area contributed by atoms with Crippen LogP contribution in [0.15, 0.2) is 73.2 Å². The van der Waals surface area contributed by atoms with E-state index < -0.39 is 35.8 Å². The summed E-state index contributed by atoms with van der Waals surface area (Å²) in [6, 6.07) is 15.1. The van der Waals surface area contributed by atoms with E-state index >= 15 is 0 Å². The van der Waals surface area contributed by atoms with Crippen molar-refractivity contribution in [3.05, 3.63) is 101 Å². The van der Waals surface area contributed by atoms with Gasteiger partial charge in [-0.15, -0.1) is 0 Å². The number of nitrogens with zero attached hydrogens (tertiary/aromatic N) is 6. The van der Waals surface area contributed by atoms with Gasteiger partial charge in [-0.3, -0.25) is 34.3 Å². The maximum Gasteiger partial charge on any atom is 0.416 e. The van der Waals surface area contributed by atoms with Gasteiger partial charge in [-0.1, -0.05) is 18.2 Å². The lowest BCUT2D eigenvalue weighted by atomic mass is 9.92. The summed E-state index contributed by atoms with van der Waals surface area (Å²) in [6.45, 7) is 5.87. The maximum atomic E-state index is 13.8. The molecule has 310 valence electrons. The lowest BCUT2D eigenvalue weighted by molar-refractivity contribution is -0.140. The fourth-order valence-electron chi connectivity index (χ4n) is 8.62. The van der Waals surface area contributed by atoms with Gasteiger partial charge in [0.05, 0.1) is 17.6 Å². The molecule has 0 radical (unpaired) electrons. The lowest BCUT2D eigenvalue weighted by Crippen LogP contribution is -2.53. The Morgan fingerprint density at radius 1 is 0.915 bits per heavy atom. The van der Waals surface area contributed by atoms with Gasteiger partial charge in [0.1, 0.15) is 6.04 Å². The summed E-state index contributed by atoms with van der Waals surface area (Å²) in [6.07, 6.45) is 1.06. The number of aliphatic hydroxyl groups excluding tert-OH is 1. The number of fused-ring (bicyclic) bond motifs is 1. The number of aryl methyl sites for hydroxylation is 1. The zero-order valence-corrected chi connectivity index (χ0v) is 32.8. The Labute approximate surface area is 339 Å². The molecule has 4 aromatic rings. The fourth-order valence-corrected chi connectivity index (χ4v) is 8.62. The van der Waals surface area contributed by atoms with Gasteiger partial charge in [0.15, 0.2) is 6.23 Å². The third kappa shape index (κ3) is 8.55. The number of piperidine rings is 2. The van der Waals surface area contributed by atoms with Crippen LogP contribution < -0.4 is 15.5 Å². The number of nitrogens with one attached hydrogen (secondary N) is 2. The molecule has 0 aliphatic carbocycles. The normalized spacial score (nSPS) is 20.6. The number of imidazole rings is 1. The number of hydrogen-bond donors (Lipinski definition) is 3. The highest BCUT2D eigenvalue weighted by Crippen LogP contribution is 2.38. The van der Waals surface area contributed by atoms with Gasteiger partial charge < -0.3 is 24.8 Å². The van der Waals surface area contributed by atoms with Gasteiger partial charge in [-0.25, -0.2) is 4.98 Å². The molecule has 4 aliphatic rings. The zero-order valence-electron chi connectivity index (χ0n) is 32.8. The Morgan fingerprint density at radius 3 is 2.34 bits per heavy atom. The molecule has 2 atom stereocenters. The first kappa shape index (κ1) is 40.1. The molecule has 3 aromatic carbocycles. The highest BCUT2D eigenvalue weighted by Gasteiger charge is 2.44. The number of aliphatic hydroxyl groups is 1. The number of alkyl halides is 3. The summed E-state index contributed by atoms with van der Waals surface area (Å²) in [5.41, 5.74) is 4.42. The van der Waals surface area contributed by atoms with E-state index in [9.17, 15) is 37.5 Å². The van der Waals surface area contributed by atoms with Gasteiger partial charge in [-0.05, 0) is 86.2 Å². The summed E-state index contributed by atoms with van der Waals surface area (Å²) in [5.74, 6) is -0.898. The third-order valence-corrected chi connectivity index (χ3v) is 12.1. The molecule has 59 heavy (non-hydrogen) atoms. The number of halogens is 3. The van der Waals surface area contributed by atoms with Crippen LogP contribution in [0.1, 0.15) is 75.7 Å². The number of amides is 4. The number of hydrogen-bond acceptors (Lipinski definition) is 9. The van der Waals surface area contributed by atoms with Crippen LogP contribution in [0.25, 0.3) is 11.3 Å². The van der Waals surface area contributed by atoms with E-state index in [1.54, 1.807) is 24.5 Å². The molecule has 3 N–H and O–H groups in total. The van der Waals surface area contributed by atoms with E-state index in [1.807, 2.05) is 40.9 Å². The van der Waals surface area contributed by atoms with Crippen molar-refractivity contribution in [1.82, 2.24) is 29.6 Å². The van der Waals surface area contributed by atoms with Crippen molar-refractivity contribution >= 4 is 35.0 Å². The highest BCUT2D eigenvalue weighted by molar-refractivity contribution is 6.06. The average Bonchev–Trinajstić information content (AvgIpc) is 3.78. The molecule has 3 saturated heterocycles. The molecule has 16 heteroatoms. The molecule has 1 aromatic heterocycles. The van der Waals surface area contributed by atoms with Crippen molar-refractivity contribution in [3.8, 4) is 11.3 Å². The predicted octanol–water partition coefficient (Wildman–Crippen LogP) is 5.03. The largest absolute Gasteiger partial charge is 0.416 e. The molecule has 5 heterocycles. The number of rotatable bonds is 10. The third-order valence-electron chi connectivity index (χ3n) is 12.1. The maximum absolute atomic E-state index is 13.8. The van der Waals surface area contributed by atoms with Crippen LogP contribution in [0.3, 0.4) is 0 Å². The number of piperazine rings is 1. The minimum absolute atomic E-state index is 0.0440. The Kier molecular flexibility index (Phi) is 11.2. The van der Waals surface area contributed by atoms with E-state index in [0.29, 0.717) is 53.5 Å². The quantitative estimate of drug-likeness (QED) is 0.188. The van der Waals surface area contributed by atoms with Crippen molar-refractivity contribution in [2.24, 2.45) is 13.0 Å². The van der Waals surface area contributed by atoms with Gasteiger partial charge in [0, 0.05) is 99.1 Å². The summed E-state index contributed by atoms with van der Waals surface area (Å²) in [7, 11) is 1.86. The molecule has 3 fully saturated rings. The van der Waals surface area contributed by atoms with Crippen molar-refractivity contribution in [2.45, 2.75) is 57.1 Å². The molecular weight excluding hydrogens is 766 g/mol. The molecule has 0 bridgehead atoms. The average molecular weight is 813 g/mol. The number of imide groups is 1. The monoisotopic (exact) mass is 812 g/mol. The number of benzene rings is 3. The summed E-state index contributed by atoms with van der Waals surface area (Å²) >= 11 is 0. The topological polar surface area (TPSA) is 143 Å². The Bertz CT molecular complexity index is 2230. The molecular formula is C43H47F3N8O5.